The van der Waals surface area contributed by atoms with Crippen LogP contribution in [0.4, 0.5) is 5.69 Å². The zero-order chi connectivity index (χ0) is 31.8. The maximum Gasteiger partial charge on any atom is 0.313 e. The van der Waals surface area contributed by atoms with Crippen LogP contribution < -0.4 is 9.47 Å². The Hall–Kier alpha value is -3.53. The Bertz CT molecular complexity index is 1320. The van der Waals surface area contributed by atoms with Gasteiger partial charge >= 0.3 is 11.9 Å². The van der Waals surface area contributed by atoms with Crippen LogP contribution in [0, 0.1) is 0 Å². The SMILES string of the molecule is CC.CC.CN(C)CCc1c[nH]c2cccc(OC(=O)CCOCCC(=O)Oc3cccc4c3C(CCN(C)C)C=N4)c12. The van der Waals surface area contributed by atoms with E-state index in [9.17, 15) is 9.59 Å². The van der Waals surface area contributed by atoms with Crippen molar-refractivity contribution in [2.45, 2.75) is 59.3 Å². The zero-order valence-corrected chi connectivity index (χ0v) is 27.2. The molecule has 43 heavy (non-hydrogen) atoms. The lowest BCUT2D eigenvalue weighted by molar-refractivity contribution is -0.136. The first-order valence-corrected chi connectivity index (χ1v) is 15.4. The van der Waals surface area contributed by atoms with Gasteiger partial charge in [-0.3, -0.25) is 14.6 Å². The maximum absolute atomic E-state index is 12.5. The summed E-state index contributed by atoms with van der Waals surface area (Å²) in [4.78, 5) is 37.0. The van der Waals surface area contributed by atoms with Gasteiger partial charge in [0.05, 0.1) is 31.7 Å². The largest absolute Gasteiger partial charge is 0.426 e. The smallest absolute Gasteiger partial charge is 0.313 e. The molecule has 0 spiro atoms. The van der Waals surface area contributed by atoms with E-state index in [4.69, 9.17) is 14.2 Å². The molecule has 0 bridgehead atoms. The van der Waals surface area contributed by atoms with Gasteiger partial charge in [-0.2, -0.15) is 0 Å². The molecule has 9 nitrogen and oxygen atoms in total. The number of esters is 2. The number of hydrogen-bond donors (Lipinski definition) is 1. The third kappa shape index (κ3) is 10.9. The number of H-pyrrole nitrogens is 1. The van der Waals surface area contributed by atoms with Crippen molar-refractivity contribution in [3.8, 4) is 11.5 Å². The number of likely N-dealkylation sites (N-methyl/N-ethyl adjacent to an activating group) is 1. The van der Waals surface area contributed by atoms with Crippen molar-refractivity contribution in [2.75, 3.05) is 54.5 Å². The number of rotatable bonds is 14. The molecular formula is C34H50N4O5. The van der Waals surface area contributed by atoms with Crippen molar-refractivity contribution in [2.24, 2.45) is 4.99 Å². The number of ether oxygens (including phenoxy) is 3. The van der Waals surface area contributed by atoms with Gasteiger partial charge < -0.3 is 29.0 Å². The van der Waals surface area contributed by atoms with E-state index in [0.717, 1.165) is 53.6 Å². The van der Waals surface area contributed by atoms with Crippen LogP contribution in [0.3, 0.4) is 0 Å². The third-order valence-corrected chi connectivity index (χ3v) is 6.62. The van der Waals surface area contributed by atoms with Gasteiger partial charge in [0, 0.05) is 41.3 Å². The number of nitrogens with zero attached hydrogens (tertiary/aromatic N) is 3. The summed E-state index contributed by atoms with van der Waals surface area (Å²) >= 11 is 0. The van der Waals surface area contributed by atoms with Crippen LogP contribution >= 0.6 is 0 Å². The Morgan fingerprint density at radius 2 is 1.44 bits per heavy atom. The Labute approximate surface area is 257 Å². The molecule has 9 heteroatoms. The molecule has 1 unspecified atom stereocenters. The topological polar surface area (TPSA) is 96.5 Å². The molecule has 1 aromatic heterocycles. The molecule has 1 aliphatic heterocycles. The van der Waals surface area contributed by atoms with Crippen molar-refractivity contribution in [1.29, 1.82) is 0 Å². The summed E-state index contributed by atoms with van der Waals surface area (Å²) in [6.45, 7) is 10.1. The Kier molecular flexibility index (Phi) is 15.7. The molecule has 0 saturated heterocycles. The van der Waals surface area contributed by atoms with E-state index in [1.54, 1.807) is 6.07 Å². The van der Waals surface area contributed by atoms with Crippen molar-refractivity contribution in [3.05, 3.63) is 53.7 Å². The second kappa shape index (κ2) is 18.9. The van der Waals surface area contributed by atoms with Gasteiger partial charge in [-0.05, 0) is 77.4 Å². The number of aliphatic imine (C=N–C) groups is 1. The number of aromatic nitrogens is 1. The number of carbonyl (C=O) groups is 2. The molecule has 0 fully saturated rings. The van der Waals surface area contributed by atoms with Gasteiger partial charge in [-0.1, -0.05) is 39.8 Å². The number of carbonyl (C=O) groups excluding carboxylic acids is 2. The van der Waals surface area contributed by atoms with Gasteiger partial charge in [-0.15, -0.1) is 0 Å². The molecule has 2 aromatic carbocycles. The standard InChI is InChI=1S/C30H38N4O5.2C2H6/c1-33(2)15-11-21-19-31-23-7-5-9-25(29(21)23)38-27(35)13-17-37-18-14-28(36)39-26-10-6-8-24-30(26)22(20-32-24)12-16-34(3)4;2*1-2/h5-10,19-21,32H,11-18H2,1-4H3;2*1-2H3. The summed E-state index contributed by atoms with van der Waals surface area (Å²) in [6, 6.07) is 11.2. The molecule has 236 valence electrons. The highest BCUT2D eigenvalue weighted by Crippen LogP contribution is 2.40. The summed E-state index contributed by atoms with van der Waals surface area (Å²) in [7, 11) is 8.12. The van der Waals surface area contributed by atoms with Crippen LogP contribution in [0.2, 0.25) is 0 Å². The average Bonchev–Trinajstić information content (AvgIpc) is 3.62. The highest BCUT2D eigenvalue weighted by molar-refractivity contribution is 5.91. The Morgan fingerprint density at radius 3 is 2.09 bits per heavy atom. The van der Waals surface area contributed by atoms with Gasteiger partial charge in [0.15, 0.2) is 0 Å². The first-order valence-electron chi connectivity index (χ1n) is 15.4. The van der Waals surface area contributed by atoms with Crippen molar-refractivity contribution in [1.82, 2.24) is 14.8 Å². The molecule has 2 heterocycles. The average molecular weight is 595 g/mol. The van der Waals surface area contributed by atoms with Crippen LogP contribution in [0.25, 0.3) is 10.9 Å². The molecule has 1 aliphatic rings. The summed E-state index contributed by atoms with van der Waals surface area (Å²) in [6.07, 6.45) is 5.80. The normalized spacial score (nSPS) is 13.3. The van der Waals surface area contributed by atoms with E-state index in [1.807, 2.05) is 98.6 Å². The minimum atomic E-state index is -0.381. The Balaban J connectivity index is 0.00000155. The minimum Gasteiger partial charge on any atom is -0.426 e. The van der Waals surface area contributed by atoms with Crippen LogP contribution in [0.15, 0.2) is 47.6 Å². The monoisotopic (exact) mass is 594 g/mol. The van der Waals surface area contributed by atoms with E-state index in [0.29, 0.717) is 11.5 Å². The van der Waals surface area contributed by atoms with Crippen LogP contribution in [0.5, 0.6) is 11.5 Å². The van der Waals surface area contributed by atoms with Gasteiger partial charge in [0.25, 0.3) is 0 Å². The molecule has 0 radical (unpaired) electrons. The fourth-order valence-corrected chi connectivity index (χ4v) is 4.57. The van der Waals surface area contributed by atoms with Crippen LogP contribution in [0.1, 0.15) is 64.0 Å². The maximum atomic E-state index is 12.5. The molecule has 4 rings (SSSR count). The van der Waals surface area contributed by atoms with Crippen LogP contribution in [-0.2, 0) is 20.7 Å². The summed E-state index contributed by atoms with van der Waals surface area (Å²) in [5.41, 5.74) is 3.85. The lowest BCUT2D eigenvalue weighted by atomic mass is 9.96. The predicted molar refractivity (Wildman–Crippen MR) is 175 cm³/mol. The zero-order valence-electron chi connectivity index (χ0n) is 27.2. The van der Waals surface area contributed by atoms with Crippen molar-refractivity contribution >= 4 is 34.7 Å². The van der Waals surface area contributed by atoms with Crippen molar-refractivity contribution in [3.63, 3.8) is 0 Å². The molecule has 1 N–H and O–H groups in total. The first kappa shape index (κ1) is 35.7. The number of nitrogens with one attached hydrogen (secondary N) is 1. The second-order valence-corrected chi connectivity index (χ2v) is 10.3. The fourth-order valence-electron chi connectivity index (χ4n) is 4.57. The number of fused-ring (bicyclic) bond motifs is 2. The molecule has 0 amide bonds. The highest BCUT2D eigenvalue weighted by Gasteiger charge is 2.24. The molecule has 0 aliphatic carbocycles. The fraction of sp³-hybridized carbons (Fsp3) is 0.500. The van der Waals surface area contributed by atoms with E-state index in [2.05, 4.69) is 19.8 Å². The predicted octanol–water partition coefficient (Wildman–Crippen LogP) is 6.38. The van der Waals surface area contributed by atoms with E-state index >= 15 is 0 Å². The molecule has 0 saturated carbocycles. The molecule has 1 atom stereocenters. The minimum absolute atomic E-state index is 0.0832. The van der Waals surface area contributed by atoms with Gasteiger partial charge in [0.2, 0.25) is 0 Å². The quantitative estimate of drug-likeness (QED) is 0.131. The first-order chi connectivity index (χ1) is 20.8. The number of aromatic amines is 1. The number of hydrogen-bond acceptors (Lipinski definition) is 8. The lowest BCUT2D eigenvalue weighted by Crippen LogP contribution is -2.17. The van der Waals surface area contributed by atoms with Crippen LogP contribution in [-0.4, -0.2) is 87.4 Å². The Morgan fingerprint density at radius 1 is 0.837 bits per heavy atom. The molecule has 3 aromatic rings. The number of benzene rings is 2. The van der Waals surface area contributed by atoms with E-state index in [-0.39, 0.29) is 43.9 Å². The summed E-state index contributed by atoms with van der Waals surface area (Å²) < 4.78 is 16.9. The van der Waals surface area contributed by atoms with Crippen molar-refractivity contribution < 1.29 is 23.8 Å². The summed E-state index contributed by atoms with van der Waals surface area (Å²) in [5, 5.41) is 0.929. The van der Waals surface area contributed by atoms with E-state index in [1.165, 1.54) is 0 Å². The lowest BCUT2D eigenvalue weighted by Gasteiger charge is -2.16. The van der Waals surface area contributed by atoms with Gasteiger partial charge in [0.1, 0.15) is 11.5 Å². The second-order valence-electron chi connectivity index (χ2n) is 10.3. The molecular weight excluding hydrogens is 544 g/mol. The van der Waals surface area contributed by atoms with Gasteiger partial charge in [-0.25, -0.2) is 0 Å². The highest BCUT2D eigenvalue weighted by atomic mass is 16.5. The van der Waals surface area contributed by atoms with E-state index < -0.39 is 0 Å². The summed E-state index contributed by atoms with van der Waals surface area (Å²) in [5.74, 6) is 0.447. The third-order valence-electron chi connectivity index (χ3n) is 6.62.